The lowest BCUT2D eigenvalue weighted by Gasteiger charge is -2.33. The predicted octanol–water partition coefficient (Wildman–Crippen LogP) is 0.555. The van der Waals surface area contributed by atoms with E-state index < -0.39 is 21.8 Å². The molecule has 8 heteroatoms. The van der Waals surface area contributed by atoms with Crippen LogP contribution in [0.3, 0.4) is 0 Å². The van der Waals surface area contributed by atoms with E-state index >= 15 is 0 Å². The van der Waals surface area contributed by atoms with Crippen molar-refractivity contribution >= 4 is 21.8 Å². The molecular formula is C13H22N2O5S. The van der Waals surface area contributed by atoms with Gasteiger partial charge in [-0.1, -0.05) is 12.8 Å². The summed E-state index contributed by atoms with van der Waals surface area (Å²) in [6.07, 6.45) is 3.37. The number of likely N-dealkylation sites (tertiary alicyclic amines) is 1. The monoisotopic (exact) mass is 318 g/mol. The smallest absolute Gasteiger partial charge is 0.326 e. The Kier molecular flexibility index (Phi) is 4.75. The minimum Gasteiger partial charge on any atom is -0.480 e. The van der Waals surface area contributed by atoms with Crippen LogP contribution >= 0.6 is 0 Å². The third-order valence-corrected chi connectivity index (χ3v) is 6.09. The summed E-state index contributed by atoms with van der Waals surface area (Å²) < 4.78 is 23.1. The highest BCUT2D eigenvalue weighted by molar-refractivity contribution is 7.91. The van der Waals surface area contributed by atoms with Crippen molar-refractivity contribution in [3.05, 3.63) is 0 Å². The number of carbonyl (C=O) groups excluding carboxylic acids is 1. The molecule has 0 aromatic heterocycles. The summed E-state index contributed by atoms with van der Waals surface area (Å²) >= 11 is 0. The Morgan fingerprint density at radius 1 is 1.19 bits per heavy atom. The number of carboxylic acids is 1. The summed E-state index contributed by atoms with van der Waals surface area (Å²) in [5, 5.41) is 9.30. The Bertz CT molecular complexity index is 519. The van der Waals surface area contributed by atoms with E-state index in [0.717, 1.165) is 19.3 Å². The number of carboxylic acid groups (broad SMARTS) is 1. The van der Waals surface area contributed by atoms with Crippen molar-refractivity contribution in [1.29, 1.82) is 0 Å². The van der Waals surface area contributed by atoms with Gasteiger partial charge in [0.15, 0.2) is 9.84 Å². The molecule has 0 aliphatic carbocycles. The van der Waals surface area contributed by atoms with Crippen LogP contribution in [-0.2, 0) is 14.6 Å². The number of urea groups is 1. The Hall–Kier alpha value is -1.31. The van der Waals surface area contributed by atoms with Crippen LogP contribution in [0.4, 0.5) is 4.79 Å². The molecule has 2 amide bonds. The first kappa shape index (κ1) is 16.1. The molecule has 2 rings (SSSR count). The summed E-state index contributed by atoms with van der Waals surface area (Å²) in [4.78, 5) is 26.7. The van der Waals surface area contributed by atoms with Crippen molar-refractivity contribution in [2.24, 2.45) is 0 Å². The number of sulfone groups is 1. The number of nitrogens with zero attached hydrogens (tertiary/aromatic N) is 2. The number of rotatable bonds is 2. The number of aliphatic carboxylic acids is 1. The van der Waals surface area contributed by atoms with Crippen LogP contribution in [-0.4, -0.2) is 72.5 Å². The van der Waals surface area contributed by atoms with Crippen molar-refractivity contribution in [1.82, 2.24) is 9.80 Å². The molecule has 0 aromatic rings. The van der Waals surface area contributed by atoms with Gasteiger partial charge in [-0.3, -0.25) is 0 Å². The minimum atomic E-state index is -3.07. The van der Waals surface area contributed by atoms with Gasteiger partial charge < -0.3 is 14.9 Å². The van der Waals surface area contributed by atoms with Crippen molar-refractivity contribution in [3.8, 4) is 0 Å². The van der Waals surface area contributed by atoms with Gasteiger partial charge in [-0.15, -0.1) is 0 Å². The number of carbonyl (C=O) groups is 2. The maximum atomic E-state index is 12.6. The Balaban J connectivity index is 2.11. The number of amides is 2. The molecule has 2 atom stereocenters. The standard InChI is InChI=1S/C13H22N2O5S/c1-14(10-6-8-21(19,20)9-10)13(18)15-7-4-2-3-5-11(15)12(16)17/h10-11H,2-9H2,1H3,(H,16,17). The van der Waals surface area contributed by atoms with Gasteiger partial charge in [-0.25, -0.2) is 18.0 Å². The Morgan fingerprint density at radius 2 is 1.90 bits per heavy atom. The second kappa shape index (κ2) is 6.21. The fourth-order valence-electron chi connectivity index (χ4n) is 3.03. The largest absolute Gasteiger partial charge is 0.480 e. The van der Waals surface area contributed by atoms with Crippen LogP contribution < -0.4 is 0 Å². The fraction of sp³-hybridized carbons (Fsp3) is 0.846. The van der Waals surface area contributed by atoms with Crippen LogP contribution in [0.2, 0.25) is 0 Å². The van der Waals surface area contributed by atoms with E-state index in [-0.39, 0.29) is 23.6 Å². The molecule has 0 saturated carbocycles. The van der Waals surface area contributed by atoms with Crippen LogP contribution in [0.25, 0.3) is 0 Å². The van der Waals surface area contributed by atoms with E-state index in [4.69, 9.17) is 0 Å². The fourth-order valence-corrected chi connectivity index (χ4v) is 4.81. The topological polar surface area (TPSA) is 95.0 Å². The molecule has 21 heavy (non-hydrogen) atoms. The SMILES string of the molecule is CN(C(=O)N1CCCCCC1C(=O)O)C1CCS(=O)(=O)C1. The summed E-state index contributed by atoms with van der Waals surface area (Å²) in [6, 6.07) is -1.52. The highest BCUT2D eigenvalue weighted by Gasteiger charge is 2.37. The molecule has 0 radical (unpaired) electrons. The van der Waals surface area contributed by atoms with Crippen LogP contribution in [0.1, 0.15) is 32.1 Å². The maximum Gasteiger partial charge on any atom is 0.326 e. The molecule has 0 aromatic carbocycles. The average molecular weight is 318 g/mol. The highest BCUT2D eigenvalue weighted by Crippen LogP contribution is 2.22. The van der Waals surface area contributed by atoms with Gasteiger partial charge in [-0.2, -0.15) is 0 Å². The minimum absolute atomic E-state index is 0.0270. The number of hydrogen-bond donors (Lipinski definition) is 1. The molecule has 120 valence electrons. The molecule has 2 aliphatic heterocycles. The normalized spacial score (nSPS) is 28.9. The molecule has 2 aliphatic rings. The van der Waals surface area contributed by atoms with E-state index in [2.05, 4.69) is 0 Å². The lowest BCUT2D eigenvalue weighted by atomic mass is 10.1. The molecular weight excluding hydrogens is 296 g/mol. The van der Waals surface area contributed by atoms with Crippen molar-refractivity contribution in [2.45, 2.75) is 44.2 Å². The van der Waals surface area contributed by atoms with Crippen molar-refractivity contribution < 1.29 is 23.1 Å². The van der Waals surface area contributed by atoms with E-state index in [9.17, 15) is 23.1 Å². The van der Waals surface area contributed by atoms with Crippen LogP contribution in [0, 0.1) is 0 Å². The average Bonchev–Trinajstić information content (AvgIpc) is 2.65. The first-order chi connectivity index (χ1) is 9.82. The molecule has 2 unspecified atom stereocenters. The Morgan fingerprint density at radius 3 is 2.48 bits per heavy atom. The van der Waals surface area contributed by atoms with E-state index in [1.165, 1.54) is 9.80 Å². The van der Waals surface area contributed by atoms with Crippen molar-refractivity contribution in [2.75, 3.05) is 25.1 Å². The second-order valence-corrected chi connectivity index (χ2v) is 8.08. The van der Waals surface area contributed by atoms with Crippen LogP contribution in [0.15, 0.2) is 0 Å². The third-order valence-electron chi connectivity index (χ3n) is 4.34. The zero-order chi connectivity index (χ0) is 15.6. The van der Waals surface area contributed by atoms with Crippen molar-refractivity contribution in [3.63, 3.8) is 0 Å². The quantitative estimate of drug-likeness (QED) is 0.802. The van der Waals surface area contributed by atoms with E-state index in [1.54, 1.807) is 7.05 Å². The predicted molar refractivity (Wildman–Crippen MR) is 76.8 cm³/mol. The van der Waals surface area contributed by atoms with Gasteiger partial charge in [0, 0.05) is 19.6 Å². The molecule has 7 nitrogen and oxygen atoms in total. The van der Waals surface area contributed by atoms with Crippen LogP contribution in [0.5, 0.6) is 0 Å². The zero-order valence-corrected chi connectivity index (χ0v) is 13.0. The van der Waals surface area contributed by atoms with Gasteiger partial charge in [-0.05, 0) is 19.3 Å². The molecule has 2 heterocycles. The summed E-state index contributed by atoms with van der Waals surface area (Å²) in [7, 11) is -1.50. The summed E-state index contributed by atoms with van der Waals surface area (Å²) in [6.45, 7) is 0.416. The van der Waals surface area contributed by atoms with E-state index in [1.807, 2.05) is 0 Å². The molecule has 2 saturated heterocycles. The van der Waals surface area contributed by atoms with E-state index in [0.29, 0.717) is 19.4 Å². The van der Waals surface area contributed by atoms with Gasteiger partial charge in [0.05, 0.1) is 11.5 Å². The molecule has 0 bridgehead atoms. The summed E-state index contributed by atoms with van der Waals surface area (Å²) in [5.74, 6) is -0.920. The number of hydrogen-bond acceptors (Lipinski definition) is 4. The first-order valence-electron chi connectivity index (χ1n) is 7.28. The zero-order valence-electron chi connectivity index (χ0n) is 12.2. The molecule has 1 N–H and O–H groups in total. The highest BCUT2D eigenvalue weighted by atomic mass is 32.2. The molecule has 2 fully saturated rings. The first-order valence-corrected chi connectivity index (χ1v) is 9.10. The lowest BCUT2D eigenvalue weighted by molar-refractivity contribution is -0.142. The van der Waals surface area contributed by atoms with Gasteiger partial charge in [0.2, 0.25) is 0 Å². The third kappa shape index (κ3) is 3.66. The van der Waals surface area contributed by atoms with Gasteiger partial charge >= 0.3 is 12.0 Å². The maximum absolute atomic E-state index is 12.6. The van der Waals surface area contributed by atoms with Gasteiger partial charge in [0.25, 0.3) is 0 Å². The lowest BCUT2D eigenvalue weighted by Crippen LogP contribution is -2.52. The Labute approximate surface area is 124 Å². The summed E-state index contributed by atoms with van der Waals surface area (Å²) in [5.41, 5.74) is 0. The van der Waals surface area contributed by atoms with Gasteiger partial charge in [0.1, 0.15) is 6.04 Å². The second-order valence-electron chi connectivity index (χ2n) is 5.85. The molecule has 0 spiro atoms.